The molecule has 1 aromatic heterocycles. The predicted molar refractivity (Wildman–Crippen MR) is 81.0 cm³/mol. The number of ether oxygens (including phenoxy) is 1. The molecule has 1 aliphatic rings. The highest BCUT2D eigenvalue weighted by molar-refractivity contribution is 6.31. The number of aromatic amines is 1. The van der Waals surface area contributed by atoms with Gasteiger partial charge in [-0.2, -0.15) is 0 Å². The van der Waals surface area contributed by atoms with E-state index in [0.717, 1.165) is 16.5 Å². The van der Waals surface area contributed by atoms with Gasteiger partial charge in [0.2, 0.25) is 5.91 Å². The summed E-state index contributed by atoms with van der Waals surface area (Å²) in [5, 5.41) is 10.5. The van der Waals surface area contributed by atoms with Gasteiger partial charge in [0.1, 0.15) is 0 Å². The zero-order valence-corrected chi connectivity index (χ0v) is 12.5. The molecule has 6 nitrogen and oxygen atoms in total. The van der Waals surface area contributed by atoms with Crippen molar-refractivity contribution >= 4 is 34.4 Å². The molecule has 0 radical (unpaired) electrons. The van der Waals surface area contributed by atoms with E-state index in [4.69, 9.17) is 21.4 Å². The van der Waals surface area contributed by atoms with Crippen LogP contribution in [0.5, 0.6) is 0 Å². The molecule has 1 fully saturated rings. The second-order valence-corrected chi connectivity index (χ2v) is 5.65. The number of hydrogen-bond acceptors (Lipinski definition) is 3. The summed E-state index contributed by atoms with van der Waals surface area (Å²) in [7, 11) is 0. The highest BCUT2D eigenvalue weighted by Crippen LogP contribution is 2.23. The largest absolute Gasteiger partial charge is 0.479 e. The number of carbonyl (C=O) groups excluding carboxylic acids is 1. The molecule has 1 amide bonds. The quantitative estimate of drug-likeness (QED) is 0.900. The average molecular weight is 323 g/mol. The Morgan fingerprint density at radius 2 is 2.27 bits per heavy atom. The first-order valence-electron chi connectivity index (χ1n) is 6.92. The summed E-state index contributed by atoms with van der Waals surface area (Å²) in [6.07, 6.45) is 1.04. The number of carboxylic acids is 1. The van der Waals surface area contributed by atoms with E-state index < -0.39 is 12.1 Å². The average Bonchev–Trinajstić information content (AvgIpc) is 2.89. The van der Waals surface area contributed by atoms with Crippen molar-refractivity contribution in [2.75, 3.05) is 19.7 Å². The fourth-order valence-corrected chi connectivity index (χ4v) is 2.77. The lowest BCUT2D eigenvalue weighted by Crippen LogP contribution is -2.49. The number of nitrogens with one attached hydrogen (secondary N) is 1. The number of carbonyl (C=O) groups is 2. The van der Waals surface area contributed by atoms with E-state index in [0.29, 0.717) is 11.6 Å². The molecule has 1 unspecified atom stereocenters. The number of aliphatic carboxylic acids is 1. The van der Waals surface area contributed by atoms with Crippen LogP contribution in [-0.2, 0) is 20.7 Å². The third kappa shape index (κ3) is 2.93. The van der Waals surface area contributed by atoms with Crippen LogP contribution >= 0.6 is 11.6 Å². The maximum absolute atomic E-state index is 12.4. The third-order valence-electron chi connectivity index (χ3n) is 3.77. The molecule has 0 bridgehead atoms. The van der Waals surface area contributed by atoms with E-state index in [1.807, 2.05) is 12.1 Å². The van der Waals surface area contributed by atoms with Gasteiger partial charge in [0.25, 0.3) is 0 Å². The number of carboxylic acid groups (broad SMARTS) is 1. The molecule has 1 atom stereocenters. The molecule has 2 heterocycles. The molecule has 2 N–H and O–H groups in total. The number of rotatable bonds is 3. The first-order chi connectivity index (χ1) is 10.5. The summed E-state index contributed by atoms with van der Waals surface area (Å²) >= 11 is 6.00. The molecule has 0 saturated carbocycles. The second kappa shape index (κ2) is 5.98. The Labute approximate surface area is 131 Å². The van der Waals surface area contributed by atoms with Crippen LogP contribution in [0.15, 0.2) is 24.4 Å². The van der Waals surface area contributed by atoms with E-state index in [2.05, 4.69) is 4.98 Å². The number of hydrogen-bond donors (Lipinski definition) is 2. The van der Waals surface area contributed by atoms with E-state index in [9.17, 15) is 9.59 Å². The molecule has 2 aromatic rings. The minimum Gasteiger partial charge on any atom is -0.479 e. The Kier molecular flexibility index (Phi) is 4.04. The summed E-state index contributed by atoms with van der Waals surface area (Å²) in [4.78, 5) is 28.0. The van der Waals surface area contributed by atoms with E-state index >= 15 is 0 Å². The molecule has 116 valence electrons. The maximum Gasteiger partial charge on any atom is 0.334 e. The van der Waals surface area contributed by atoms with Crippen molar-refractivity contribution in [3.05, 3.63) is 35.0 Å². The lowest BCUT2D eigenvalue weighted by atomic mass is 10.1. The first kappa shape index (κ1) is 14.9. The van der Waals surface area contributed by atoms with Gasteiger partial charge in [0.05, 0.1) is 19.6 Å². The number of benzene rings is 1. The van der Waals surface area contributed by atoms with Crippen LogP contribution in [-0.4, -0.2) is 52.7 Å². The second-order valence-electron chi connectivity index (χ2n) is 5.22. The van der Waals surface area contributed by atoms with Crippen molar-refractivity contribution in [3.63, 3.8) is 0 Å². The van der Waals surface area contributed by atoms with Crippen molar-refractivity contribution < 1.29 is 19.4 Å². The lowest BCUT2D eigenvalue weighted by Gasteiger charge is -2.30. The van der Waals surface area contributed by atoms with Crippen LogP contribution in [0.25, 0.3) is 10.9 Å². The SMILES string of the molecule is O=C(O)C1CN(C(=O)Cc2c[nH]c3ccc(Cl)cc23)CCO1. The maximum atomic E-state index is 12.4. The topological polar surface area (TPSA) is 82.6 Å². The molecule has 1 saturated heterocycles. The van der Waals surface area contributed by atoms with Gasteiger partial charge in [-0.15, -0.1) is 0 Å². The van der Waals surface area contributed by atoms with Crippen LogP contribution in [0.2, 0.25) is 5.02 Å². The summed E-state index contributed by atoms with van der Waals surface area (Å²) in [5.41, 5.74) is 1.76. The van der Waals surface area contributed by atoms with Gasteiger partial charge in [-0.05, 0) is 23.8 Å². The highest BCUT2D eigenvalue weighted by atomic mass is 35.5. The monoisotopic (exact) mass is 322 g/mol. The van der Waals surface area contributed by atoms with Gasteiger partial charge in [-0.3, -0.25) is 4.79 Å². The fraction of sp³-hybridized carbons (Fsp3) is 0.333. The molecular formula is C15H15ClN2O4. The summed E-state index contributed by atoms with van der Waals surface area (Å²) in [5.74, 6) is -1.16. The van der Waals surface area contributed by atoms with E-state index in [-0.39, 0.29) is 25.5 Å². The minimum absolute atomic E-state index is 0.0806. The van der Waals surface area contributed by atoms with Crippen molar-refractivity contribution in [2.45, 2.75) is 12.5 Å². The Bertz CT molecular complexity index is 727. The lowest BCUT2D eigenvalue weighted by molar-refractivity contribution is -0.159. The fourth-order valence-electron chi connectivity index (χ4n) is 2.60. The predicted octanol–water partition coefficient (Wildman–Crippen LogP) is 1.68. The van der Waals surface area contributed by atoms with Crippen molar-refractivity contribution in [1.82, 2.24) is 9.88 Å². The van der Waals surface area contributed by atoms with E-state index in [1.165, 1.54) is 4.90 Å². The smallest absolute Gasteiger partial charge is 0.334 e. The molecule has 1 aromatic carbocycles. The zero-order valence-electron chi connectivity index (χ0n) is 11.7. The normalized spacial score (nSPS) is 18.6. The standard InChI is InChI=1S/C15H15ClN2O4/c16-10-1-2-12-11(6-10)9(7-17-12)5-14(19)18-3-4-22-13(8-18)15(20)21/h1-2,6-7,13,17H,3-5,8H2,(H,20,21). The van der Waals surface area contributed by atoms with Crippen LogP contribution in [0.1, 0.15) is 5.56 Å². The molecule has 3 rings (SSSR count). The number of aromatic nitrogens is 1. The van der Waals surface area contributed by atoms with E-state index in [1.54, 1.807) is 12.3 Å². The van der Waals surface area contributed by atoms with Crippen LogP contribution < -0.4 is 0 Å². The van der Waals surface area contributed by atoms with Gasteiger partial charge >= 0.3 is 5.97 Å². The Hall–Kier alpha value is -2.05. The minimum atomic E-state index is -1.05. The summed E-state index contributed by atoms with van der Waals surface area (Å²) in [6, 6.07) is 5.46. The zero-order chi connectivity index (χ0) is 15.7. The number of morpholine rings is 1. The number of halogens is 1. The van der Waals surface area contributed by atoms with Crippen LogP contribution in [0, 0.1) is 0 Å². The summed E-state index contributed by atoms with van der Waals surface area (Å²) < 4.78 is 5.12. The van der Waals surface area contributed by atoms with Crippen LogP contribution in [0.3, 0.4) is 0 Å². The molecule has 0 spiro atoms. The third-order valence-corrected chi connectivity index (χ3v) is 4.00. The Balaban J connectivity index is 1.75. The molecular weight excluding hydrogens is 308 g/mol. The van der Waals surface area contributed by atoms with Gasteiger partial charge < -0.3 is 19.7 Å². The molecule has 22 heavy (non-hydrogen) atoms. The van der Waals surface area contributed by atoms with Crippen molar-refractivity contribution in [3.8, 4) is 0 Å². The van der Waals surface area contributed by atoms with Crippen LogP contribution in [0.4, 0.5) is 0 Å². The molecule has 0 aliphatic carbocycles. The van der Waals surface area contributed by atoms with Gasteiger partial charge in [-0.1, -0.05) is 11.6 Å². The Morgan fingerprint density at radius 1 is 1.45 bits per heavy atom. The van der Waals surface area contributed by atoms with Crippen molar-refractivity contribution in [2.24, 2.45) is 0 Å². The number of fused-ring (bicyclic) bond motifs is 1. The first-order valence-corrected chi connectivity index (χ1v) is 7.30. The van der Waals surface area contributed by atoms with Gasteiger partial charge in [0.15, 0.2) is 6.10 Å². The van der Waals surface area contributed by atoms with Crippen molar-refractivity contribution in [1.29, 1.82) is 0 Å². The number of H-pyrrole nitrogens is 1. The van der Waals surface area contributed by atoms with Gasteiger partial charge in [0, 0.05) is 28.7 Å². The number of amides is 1. The molecule has 7 heteroatoms. The highest BCUT2D eigenvalue weighted by Gasteiger charge is 2.29. The van der Waals surface area contributed by atoms with Gasteiger partial charge in [-0.25, -0.2) is 4.79 Å². The molecule has 1 aliphatic heterocycles. The number of nitrogens with zero attached hydrogens (tertiary/aromatic N) is 1. The summed E-state index contributed by atoms with van der Waals surface area (Å²) in [6.45, 7) is 0.728. The Morgan fingerprint density at radius 3 is 3.05 bits per heavy atom.